The average molecular weight is 465 g/mol. The van der Waals surface area contributed by atoms with E-state index < -0.39 is 10.0 Å². The zero-order valence-corrected chi connectivity index (χ0v) is 19.9. The first-order valence-corrected chi connectivity index (χ1v) is 12.4. The second-order valence-corrected chi connectivity index (χ2v) is 10.4. The molecule has 0 fully saturated rings. The number of ether oxygens (including phenoxy) is 1. The quantitative estimate of drug-likeness (QED) is 0.588. The molecule has 3 aromatic rings. The minimum absolute atomic E-state index is 0.102. The van der Waals surface area contributed by atoms with Crippen molar-refractivity contribution in [3.05, 3.63) is 88.5 Å². The average Bonchev–Trinajstić information content (AvgIpc) is 2.80. The molecule has 0 aliphatic carbocycles. The highest BCUT2D eigenvalue weighted by molar-refractivity contribution is 7.89. The molecule has 172 valence electrons. The predicted molar refractivity (Wildman–Crippen MR) is 129 cm³/mol. The van der Waals surface area contributed by atoms with Gasteiger partial charge in [-0.3, -0.25) is 4.79 Å². The number of sulfonamides is 1. The molecule has 7 heteroatoms. The number of fused-ring (bicyclic) bond motifs is 1. The molecule has 0 unspecified atom stereocenters. The van der Waals surface area contributed by atoms with Crippen LogP contribution < -0.4 is 10.1 Å². The zero-order chi connectivity index (χ0) is 23.6. The third kappa shape index (κ3) is 5.10. The van der Waals surface area contributed by atoms with Crippen molar-refractivity contribution in [3.63, 3.8) is 0 Å². The van der Waals surface area contributed by atoms with E-state index in [1.165, 1.54) is 4.31 Å². The topological polar surface area (TPSA) is 75.7 Å². The van der Waals surface area contributed by atoms with Crippen molar-refractivity contribution >= 4 is 21.6 Å². The van der Waals surface area contributed by atoms with Gasteiger partial charge in [-0.15, -0.1) is 0 Å². The van der Waals surface area contributed by atoms with Crippen molar-refractivity contribution in [2.24, 2.45) is 0 Å². The molecule has 0 aromatic heterocycles. The van der Waals surface area contributed by atoms with Gasteiger partial charge in [0.2, 0.25) is 10.0 Å². The standard InChI is InChI=1S/C26H28N2O4S/c1-18-7-11-24(12-8-18)33(30,31)28-14-13-21-9-10-23(15-22(21)16-28)27-26(29)17-32-25-6-4-5-19(2)20(25)3/h4-12,15H,13-14,16-17H2,1-3H3,(H,27,29). The lowest BCUT2D eigenvalue weighted by molar-refractivity contribution is -0.118. The fourth-order valence-electron chi connectivity index (χ4n) is 3.89. The minimum atomic E-state index is -3.58. The lowest BCUT2D eigenvalue weighted by atomic mass is 10.0. The molecule has 1 amide bonds. The molecule has 1 aliphatic rings. The largest absolute Gasteiger partial charge is 0.483 e. The van der Waals surface area contributed by atoms with E-state index in [1.807, 2.05) is 57.2 Å². The van der Waals surface area contributed by atoms with Crippen molar-refractivity contribution in [3.8, 4) is 5.75 Å². The smallest absolute Gasteiger partial charge is 0.262 e. The van der Waals surface area contributed by atoms with Crippen LogP contribution in [-0.2, 0) is 27.8 Å². The van der Waals surface area contributed by atoms with Gasteiger partial charge in [-0.05, 0) is 79.8 Å². The molecule has 1 aliphatic heterocycles. The molecule has 0 bridgehead atoms. The Morgan fingerprint density at radius 2 is 1.76 bits per heavy atom. The SMILES string of the molecule is Cc1ccc(S(=O)(=O)N2CCc3ccc(NC(=O)COc4cccc(C)c4C)cc3C2)cc1. The summed E-state index contributed by atoms with van der Waals surface area (Å²) in [6.45, 7) is 6.48. The van der Waals surface area contributed by atoms with Crippen LogP contribution in [0.1, 0.15) is 27.8 Å². The van der Waals surface area contributed by atoms with E-state index >= 15 is 0 Å². The van der Waals surface area contributed by atoms with Crippen LogP contribution in [0.25, 0.3) is 0 Å². The Hall–Kier alpha value is -3.16. The van der Waals surface area contributed by atoms with Crippen LogP contribution >= 0.6 is 0 Å². The summed E-state index contributed by atoms with van der Waals surface area (Å²) in [5, 5.41) is 2.86. The van der Waals surface area contributed by atoms with E-state index in [0.717, 1.165) is 27.8 Å². The maximum Gasteiger partial charge on any atom is 0.262 e. The van der Waals surface area contributed by atoms with Gasteiger partial charge in [0, 0.05) is 18.8 Å². The number of aryl methyl sites for hydroxylation is 2. The number of nitrogens with one attached hydrogen (secondary N) is 1. The fraction of sp³-hybridized carbons (Fsp3) is 0.269. The Morgan fingerprint density at radius 3 is 2.52 bits per heavy atom. The molecule has 4 rings (SSSR count). The van der Waals surface area contributed by atoms with Gasteiger partial charge in [-0.2, -0.15) is 4.31 Å². The van der Waals surface area contributed by atoms with Crippen LogP contribution in [-0.4, -0.2) is 31.8 Å². The first kappa shape index (κ1) is 23.0. The summed E-state index contributed by atoms with van der Waals surface area (Å²) in [5.41, 5.74) is 5.74. The van der Waals surface area contributed by atoms with Crippen LogP contribution in [0.3, 0.4) is 0 Å². The Morgan fingerprint density at radius 1 is 1.00 bits per heavy atom. The van der Waals surface area contributed by atoms with E-state index in [4.69, 9.17) is 4.74 Å². The number of hydrogen-bond donors (Lipinski definition) is 1. The Kier molecular flexibility index (Phi) is 6.54. The maximum absolute atomic E-state index is 13.1. The number of benzene rings is 3. The second kappa shape index (κ2) is 9.37. The summed E-state index contributed by atoms with van der Waals surface area (Å²) in [6, 6.07) is 18.3. The van der Waals surface area contributed by atoms with E-state index in [-0.39, 0.29) is 19.1 Å². The van der Waals surface area contributed by atoms with Crippen molar-refractivity contribution < 1.29 is 17.9 Å². The number of nitrogens with zero attached hydrogens (tertiary/aromatic N) is 1. The molecule has 1 N–H and O–H groups in total. The first-order valence-electron chi connectivity index (χ1n) is 10.9. The van der Waals surface area contributed by atoms with Gasteiger partial charge in [0.1, 0.15) is 5.75 Å². The van der Waals surface area contributed by atoms with Crippen LogP contribution in [0.15, 0.2) is 65.6 Å². The summed E-state index contributed by atoms with van der Waals surface area (Å²) in [5.74, 6) is 0.420. The zero-order valence-electron chi connectivity index (χ0n) is 19.1. The molecule has 0 saturated carbocycles. The van der Waals surface area contributed by atoms with E-state index in [9.17, 15) is 13.2 Å². The predicted octanol–water partition coefficient (Wildman–Crippen LogP) is 4.38. The highest BCUT2D eigenvalue weighted by Crippen LogP contribution is 2.27. The molecule has 0 radical (unpaired) electrons. The normalized spacial score (nSPS) is 13.9. The highest BCUT2D eigenvalue weighted by Gasteiger charge is 2.28. The van der Waals surface area contributed by atoms with Crippen LogP contribution in [0.5, 0.6) is 5.75 Å². The molecule has 0 saturated heterocycles. The molecule has 3 aromatic carbocycles. The van der Waals surface area contributed by atoms with Crippen LogP contribution in [0, 0.1) is 20.8 Å². The minimum Gasteiger partial charge on any atom is -0.483 e. The lowest BCUT2D eigenvalue weighted by Crippen LogP contribution is -2.36. The first-order chi connectivity index (χ1) is 15.7. The number of hydrogen-bond acceptors (Lipinski definition) is 4. The van der Waals surface area contributed by atoms with Crippen molar-refractivity contribution in [1.29, 1.82) is 0 Å². The Balaban J connectivity index is 1.43. The van der Waals surface area contributed by atoms with Crippen LogP contribution in [0.2, 0.25) is 0 Å². The molecule has 33 heavy (non-hydrogen) atoms. The third-order valence-electron chi connectivity index (χ3n) is 6.04. The van der Waals surface area contributed by atoms with Gasteiger partial charge in [0.15, 0.2) is 6.61 Å². The van der Waals surface area contributed by atoms with E-state index in [1.54, 1.807) is 24.3 Å². The number of carbonyl (C=O) groups excluding carboxylic acids is 1. The van der Waals surface area contributed by atoms with Crippen molar-refractivity contribution in [2.75, 3.05) is 18.5 Å². The molecule has 0 atom stereocenters. The Labute approximate surface area is 195 Å². The monoisotopic (exact) mass is 464 g/mol. The van der Waals surface area contributed by atoms with Gasteiger partial charge < -0.3 is 10.1 Å². The van der Waals surface area contributed by atoms with E-state index in [2.05, 4.69) is 5.32 Å². The van der Waals surface area contributed by atoms with Gasteiger partial charge in [-0.1, -0.05) is 35.9 Å². The number of rotatable bonds is 6. The highest BCUT2D eigenvalue weighted by atomic mass is 32.2. The van der Waals surface area contributed by atoms with Gasteiger partial charge in [0.25, 0.3) is 5.91 Å². The van der Waals surface area contributed by atoms with Gasteiger partial charge in [0.05, 0.1) is 4.90 Å². The number of carbonyl (C=O) groups is 1. The summed E-state index contributed by atoms with van der Waals surface area (Å²) < 4.78 is 33.3. The molecule has 6 nitrogen and oxygen atoms in total. The van der Waals surface area contributed by atoms with Gasteiger partial charge in [-0.25, -0.2) is 8.42 Å². The summed E-state index contributed by atoms with van der Waals surface area (Å²) in [4.78, 5) is 12.7. The maximum atomic E-state index is 13.1. The number of anilines is 1. The van der Waals surface area contributed by atoms with Gasteiger partial charge >= 0.3 is 0 Å². The summed E-state index contributed by atoms with van der Waals surface area (Å²) in [7, 11) is -3.58. The number of amides is 1. The Bertz CT molecular complexity index is 1280. The molecular formula is C26H28N2O4S. The van der Waals surface area contributed by atoms with Crippen LogP contribution in [0.4, 0.5) is 5.69 Å². The fourth-order valence-corrected chi connectivity index (χ4v) is 5.31. The van der Waals surface area contributed by atoms with Crippen molar-refractivity contribution in [2.45, 2.75) is 38.6 Å². The van der Waals surface area contributed by atoms with Crippen molar-refractivity contribution in [1.82, 2.24) is 4.31 Å². The molecule has 1 heterocycles. The summed E-state index contributed by atoms with van der Waals surface area (Å²) >= 11 is 0. The lowest BCUT2D eigenvalue weighted by Gasteiger charge is -2.28. The summed E-state index contributed by atoms with van der Waals surface area (Å²) in [6.07, 6.45) is 0.629. The molecule has 0 spiro atoms. The molecular weight excluding hydrogens is 436 g/mol. The second-order valence-electron chi connectivity index (χ2n) is 8.42. The van der Waals surface area contributed by atoms with E-state index in [0.29, 0.717) is 29.3 Å². The third-order valence-corrected chi connectivity index (χ3v) is 7.90.